The normalized spacial score (nSPS) is 10.7. The van der Waals surface area contributed by atoms with Crippen LogP contribution in [0.5, 0.6) is 5.75 Å². The highest BCUT2D eigenvalue weighted by Gasteiger charge is 2.14. The summed E-state index contributed by atoms with van der Waals surface area (Å²) < 4.78 is 7.87. The summed E-state index contributed by atoms with van der Waals surface area (Å²) in [6.07, 6.45) is 3.30. The van der Waals surface area contributed by atoms with Crippen molar-refractivity contribution in [3.05, 3.63) is 36.4 Å². The van der Waals surface area contributed by atoms with Crippen molar-refractivity contribution in [1.82, 2.24) is 14.5 Å². The number of nitrogens with one attached hydrogen (secondary N) is 1. The topological polar surface area (TPSA) is 69.0 Å². The minimum atomic E-state index is -0.282. The lowest BCUT2D eigenvalue weighted by Gasteiger charge is -2.00. The Morgan fingerprint density at radius 3 is 3.00 bits per heavy atom. The van der Waals surface area contributed by atoms with E-state index in [1.165, 1.54) is 11.3 Å². The molecule has 0 spiro atoms. The zero-order valence-electron chi connectivity index (χ0n) is 11.0. The second kappa shape index (κ2) is 4.93. The van der Waals surface area contributed by atoms with Gasteiger partial charge in [0, 0.05) is 19.4 Å². The van der Waals surface area contributed by atoms with E-state index >= 15 is 0 Å². The molecular formula is C13H12N4O2S. The first-order valence-corrected chi connectivity index (χ1v) is 6.73. The number of amides is 1. The molecule has 0 bridgehead atoms. The molecule has 0 unspecified atom stereocenters. The van der Waals surface area contributed by atoms with Crippen LogP contribution in [0.2, 0.25) is 0 Å². The van der Waals surface area contributed by atoms with Crippen LogP contribution in [0.4, 0.5) is 5.13 Å². The van der Waals surface area contributed by atoms with Crippen LogP contribution in [0.25, 0.3) is 10.2 Å². The van der Waals surface area contributed by atoms with Crippen molar-refractivity contribution in [2.24, 2.45) is 7.05 Å². The van der Waals surface area contributed by atoms with Crippen LogP contribution in [0, 0.1) is 0 Å². The molecule has 0 atom stereocenters. The Morgan fingerprint density at radius 1 is 1.45 bits per heavy atom. The van der Waals surface area contributed by atoms with E-state index in [1.807, 2.05) is 18.2 Å². The molecule has 3 aromatic rings. The van der Waals surface area contributed by atoms with Crippen molar-refractivity contribution in [3.8, 4) is 5.75 Å². The molecule has 0 aliphatic carbocycles. The molecule has 0 fully saturated rings. The van der Waals surface area contributed by atoms with Crippen molar-refractivity contribution in [2.75, 3.05) is 12.4 Å². The van der Waals surface area contributed by atoms with Crippen LogP contribution >= 0.6 is 11.3 Å². The van der Waals surface area contributed by atoms with Gasteiger partial charge in [0.2, 0.25) is 0 Å². The van der Waals surface area contributed by atoms with Crippen molar-refractivity contribution in [1.29, 1.82) is 0 Å². The molecule has 7 heteroatoms. The third-order valence-corrected chi connectivity index (χ3v) is 3.78. The molecule has 0 aliphatic heterocycles. The van der Waals surface area contributed by atoms with Crippen LogP contribution in [-0.2, 0) is 7.05 Å². The highest BCUT2D eigenvalue weighted by molar-refractivity contribution is 7.22. The molecule has 0 saturated heterocycles. The van der Waals surface area contributed by atoms with Gasteiger partial charge in [-0.15, -0.1) is 0 Å². The Morgan fingerprint density at radius 2 is 2.30 bits per heavy atom. The van der Waals surface area contributed by atoms with E-state index in [0.29, 0.717) is 16.7 Å². The number of anilines is 1. The first-order chi connectivity index (χ1) is 9.69. The quantitative estimate of drug-likeness (QED) is 0.803. The lowest BCUT2D eigenvalue weighted by Crippen LogP contribution is -2.16. The maximum atomic E-state index is 12.1. The zero-order valence-corrected chi connectivity index (χ0v) is 11.8. The smallest absolute Gasteiger partial charge is 0.293 e. The monoisotopic (exact) mass is 288 g/mol. The molecule has 0 saturated carbocycles. The molecule has 1 amide bonds. The Labute approximate surface area is 119 Å². The molecular weight excluding hydrogens is 276 g/mol. The van der Waals surface area contributed by atoms with Crippen LogP contribution in [0.3, 0.4) is 0 Å². The van der Waals surface area contributed by atoms with Crippen molar-refractivity contribution >= 4 is 32.6 Å². The Bertz CT molecular complexity index is 778. The van der Waals surface area contributed by atoms with Gasteiger partial charge < -0.3 is 9.30 Å². The van der Waals surface area contributed by atoms with Gasteiger partial charge in [0.15, 0.2) is 11.0 Å². The van der Waals surface area contributed by atoms with E-state index in [2.05, 4.69) is 15.3 Å². The lowest BCUT2D eigenvalue weighted by molar-refractivity contribution is 0.101. The van der Waals surface area contributed by atoms with Crippen LogP contribution < -0.4 is 10.1 Å². The van der Waals surface area contributed by atoms with Gasteiger partial charge in [0.25, 0.3) is 5.91 Å². The molecule has 3 rings (SSSR count). The van der Waals surface area contributed by atoms with Gasteiger partial charge in [-0.2, -0.15) is 0 Å². The van der Waals surface area contributed by atoms with Crippen LogP contribution in [0.1, 0.15) is 10.6 Å². The molecule has 20 heavy (non-hydrogen) atoms. The van der Waals surface area contributed by atoms with Crippen molar-refractivity contribution < 1.29 is 9.53 Å². The average molecular weight is 288 g/mol. The highest BCUT2D eigenvalue weighted by atomic mass is 32.1. The van der Waals surface area contributed by atoms with Gasteiger partial charge in [-0.05, 0) is 12.1 Å². The number of thiazole rings is 1. The molecule has 6 nitrogen and oxygen atoms in total. The number of para-hydroxylation sites is 1. The SMILES string of the molecule is COc1cccc2sc(NC(=O)c3nccn3C)nc12. The summed E-state index contributed by atoms with van der Waals surface area (Å²) in [6.45, 7) is 0. The Balaban J connectivity index is 1.92. The molecule has 0 radical (unpaired) electrons. The van der Waals surface area contributed by atoms with Gasteiger partial charge in [-0.1, -0.05) is 17.4 Å². The second-order valence-electron chi connectivity index (χ2n) is 4.14. The van der Waals surface area contributed by atoms with E-state index in [9.17, 15) is 4.79 Å². The number of imidazole rings is 1. The second-order valence-corrected chi connectivity index (χ2v) is 5.17. The number of hydrogen-bond acceptors (Lipinski definition) is 5. The number of ether oxygens (including phenoxy) is 1. The summed E-state index contributed by atoms with van der Waals surface area (Å²) in [7, 11) is 3.36. The van der Waals surface area contributed by atoms with Gasteiger partial charge in [0.05, 0.1) is 11.8 Å². The summed E-state index contributed by atoms with van der Waals surface area (Å²) >= 11 is 1.40. The van der Waals surface area contributed by atoms with Crippen molar-refractivity contribution in [3.63, 3.8) is 0 Å². The number of carbonyl (C=O) groups excluding carboxylic acids is 1. The summed E-state index contributed by atoms with van der Waals surface area (Å²) in [4.78, 5) is 20.5. The maximum absolute atomic E-state index is 12.1. The fraction of sp³-hybridized carbons (Fsp3) is 0.154. The minimum absolute atomic E-state index is 0.282. The van der Waals surface area contributed by atoms with Crippen LogP contribution in [0.15, 0.2) is 30.6 Å². The summed E-state index contributed by atoms with van der Waals surface area (Å²) in [5.41, 5.74) is 0.746. The minimum Gasteiger partial charge on any atom is -0.494 e. The number of fused-ring (bicyclic) bond motifs is 1. The van der Waals surface area contributed by atoms with E-state index in [1.54, 1.807) is 31.1 Å². The number of methoxy groups -OCH3 is 1. The third kappa shape index (κ3) is 2.12. The lowest BCUT2D eigenvalue weighted by atomic mass is 10.3. The van der Waals surface area contributed by atoms with E-state index < -0.39 is 0 Å². The molecule has 0 aliphatic rings. The number of carbonyl (C=O) groups is 1. The largest absolute Gasteiger partial charge is 0.494 e. The number of aryl methyl sites for hydroxylation is 1. The fourth-order valence-electron chi connectivity index (χ4n) is 1.88. The average Bonchev–Trinajstić information content (AvgIpc) is 3.03. The highest BCUT2D eigenvalue weighted by Crippen LogP contribution is 2.32. The Hall–Kier alpha value is -2.41. The van der Waals surface area contributed by atoms with E-state index in [0.717, 1.165) is 10.2 Å². The Kier molecular flexibility index (Phi) is 3.11. The molecule has 1 aromatic carbocycles. The van der Waals surface area contributed by atoms with Crippen molar-refractivity contribution in [2.45, 2.75) is 0 Å². The third-order valence-electron chi connectivity index (χ3n) is 2.85. The molecule has 102 valence electrons. The van der Waals surface area contributed by atoms with Gasteiger partial charge in [-0.3, -0.25) is 10.1 Å². The summed E-state index contributed by atoms with van der Waals surface area (Å²) in [5, 5.41) is 3.28. The summed E-state index contributed by atoms with van der Waals surface area (Å²) in [5.74, 6) is 0.753. The standard InChI is InChI=1S/C13H12N4O2S/c1-17-7-6-14-11(17)12(18)16-13-15-10-8(19-2)4-3-5-9(10)20-13/h3-7H,1-2H3,(H,15,16,18). The van der Waals surface area contributed by atoms with Gasteiger partial charge in [-0.25, -0.2) is 9.97 Å². The number of rotatable bonds is 3. The van der Waals surface area contributed by atoms with E-state index in [-0.39, 0.29) is 5.91 Å². The number of nitrogens with zero attached hydrogens (tertiary/aromatic N) is 3. The molecule has 1 N–H and O–H groups in total. The number of aromatic nitrogens is 3. The predicted octanol–water partition coefficient (Wildman–Crippen LogP) is 2.29. The van der Waals surface area contributed by atoms with Gasteiger partial charge in [0.1, 0.15) is 11.3 Å². The number of benzene rings is 1. The van der Waals surface area contributed by atoms with E-state index in [4.69, 9.17) is 4.74 Å². The van der Waals surface area contributed by atoms with Crippen LogP contribution in [-0.4, -0.2) is 27.6 Å². The number of hydrogen-bond donors (Lipinski definition) is 1. The summed E-state index contributed by atoms with van der Waals surface area (Å²) in [6, 6.07) is 5.67. The van der Waals surface area contributed by atoms with Gasteiger partial charge >= 0.3 is 0 Å². The first-order valence-electron chi connectivity index (χ1n) is 5.91. The molecule has 2 heterocycles. The zero-order chi connectivity index (χ0) is 14.1. The first kappa shape index (κ1) is 12.6. The fourth-order valence-corrected chi connectivity index (χ4v) is 2.76. The molecule has 2 aromatic heterocycles. The predicted molar refractivity (Wildman–Crippen MR) is 77.3 cm³/mol. The maximum Gasteiger partial charge on any atom is 0.293 e.